The van der Waals surface area contributed by atoms with Crippen LogP contribution in [0.1, 0.15) is 19.8 Å². The number of esters is 1. The van der Waals surface area contributed by atoms with Gasteiger partial charge in [-0.25, -0.2) is 19.2 Å². The molecule has 1 saturated heterocycles. The van der Waals surface area contributed by atoms with Crippen molar-refractivity contribution in [1.82, 2.24) is 9.97 Å². The molecule has 2 heterocycles. The SMILES string of the molecule is CCOC(=O)C1(F)CCN(c2ncc(B(O)O)cn2)CC1. The van der Waals surface area contributed by atoms with E-state index in [1.54, 1.807) is 11.8 Å². The van der Waals surface area contributed by atoms with E-state index in [4.69, 9.17) is 14.8 Å². The number of ether oxygens (including phenoxy) is 1. The van der Waals surface area contributed by atoms with E-state index in [0.29, 0.717) is 5.95 Å². The summed E-state index contributed by atoms with van der Waals surface area (Å²) in [5, 5.41) is 17.9. The zero-order chi connectivity index (χ0) is 15.5. The van der Waals surface area contributed by atoms with Crippen LogP contribution in [-0.4, -0.2) is 58.5 Å². The van der Waals surface area contributed by atoms with Crippen LogP contribution in [0, 0.1) is 0 Å². The van der Waals surface area contributed by atoms with E-state index in [9.17, 15) is 9.18 Å². The fourth-order valence-electron chi connectivity index (χ4n) is 2.15. The summed E-state index contributed by atoms with van der Waals surface area (Å²) in [7, 11) is -1.62. The molecule has 2 rings (SSSR count). The van der Waals surface area contributed by atoms with Crippen molar-refractivity contribution in [1.29, 1.82) is 0 Å². The molecule has 0 unspecified atom stereocenters. The minimum absolute atomic E-state index is 0.0135. The molecule has 0 amide bonds. The first-order valence-electron chi connectivity index (χ1n) is 6.75. The molecule has 0 bridgehead atoms. The Labute approximate surface area is 121 Å². The van der Waals surface area contributed by atoms with Crippen molar-refractivity contribution in [2.45, 2.75) is 25.4 Å². The molecule has 0 radical (unpaired) electrons. The third-order valence-electron chi connectivity index (χ3n) is 3.44. The summed E-state index contributed by atoms with van der Waals surface area (Å²) in [5.41, 5.74) is -1.77. The predicted octanol–water partition coefficient (Wildman–Crippen LogP) is -0.972. The van der Waals surface area contributed by atoms with Gasteiger partial charge in [-0.15, -0.1) is 0 Å². The summed E-state index contributed by atoms with van der Waals surface area (Å²) in [6, 6.07) is 0. The Kier molecular flexibility index (Phi) is 4.74. The van der Waals surface area contributed by atoms with Gasteiger partial charge in [0.1, 0.15) is 0 Å². The Balaban J connectivity index is 1.99. The van der Waals surface area contributed by atoms with Crippen molar-refractivity contribution in [2.24, 2.45) is 0 Å². The fourth-order valence-corrected chi connectivity index (χ4v) is 2.15. The van der Waals surface area contributed by atoms with Crippen molar-refractivity contribution >= 4 is 24.5 Å². The molecule has 1 aromatic rings. The van der Waals surface area contributed by atoms with Crippen molar-refractivity contribution in [2.75, 3.05) is 24.6 Å². The highest BCUT2D eigenvalue weighted by molar-refractivity contribution is 6.58. The Morgan fingerprint density at radius 1 is 1.43 bits per heavy atom. The zero-order valence-electron chi connectivity index (χ0n) is 11.7. The summed E-state index contributed by atoms with van der Waals surface area (Å²) >= 11 is 0. The second-order valence-corrected chi connectivity index (χ2v) is 4.86. The molecule has 1 aliphatic heterocycles. The molecule has 7 nitrogen and oxygen atoms in total. The molecule has 21 heavy (non-hydrogen) atoms. The van der Waals surface area contributed by atoms with Gasteiger partial charge in [0, 0.05) is 43.8 Å². The normalized spacial score (nSPS) is 17.4. The van der Waals surface area contributed by atoms with Crippen molar-refractivity contribution in [3.8, 4) is 0 Å². The highest BCUT2D eigenvalue weighted by atomic mass is 19.1. The minimum Gasteiger partial charge on any atom is -0.464 e. The van der Waals surface area contributed by atoms with E-state index < -0.39 is 18.8 Å². The molecular weight excluding hydrogens is 280 g/mol. The van der Waals surface area contributed by atoms with Crippen LogP contribution >= 0.6 is 0 Å². The van der Waals surface area contributed by atoms with Crippen LogP contribution in [0.3, 0.4) is 0 Å². The molecular formula is C12H17BFN3O4. The van der Waals surface area contributed by atoms with Gasteiger partial charge in [-0.1, -0.05) is 0 Å². The van der Waals surface area contributed by atoms with E-state index in [1.165, 1.54) is 12.4 Å². The Hall–Kier alpha value is -1.74. The van der Waals surface area contributed by atoms with Gasteiger partial charge in [-0.2, -0.15) is 0 Å². The fraction of sp³-hybridized carbons (Fsp3) is 0.583. The third kappa shape index (κ3) is 3.48. The predicted molar refractivity (Wildman–Crippen MR) is 73.8 cm³/mol. The molecule has 0 spiro atoms. The lowest BCUT2D eigenvalue weighted by atomic mass is 9.83. The molecule has 2 N–H and O–H groups in total. The van der Waals surface area contributed by atoms with E-state index in [1.807, 2.05) is 0 Å². The lowest BCUT2D eigenvalue weighted by Gasteiger charge is -2.34. The van der Waals surface area contributed by atoms with Gasteiger partial charge in [0.05, 0.1) is 6.61 Å². The molecule has 0 atom stereocenters. The van der Waals surface area contributed by atoms with Crippen LogP contribution < -0.4 is 10.4 Å². The van der Waals surface area contributed by atoms with Crippen molar-refractivity contribution in [3.63, 3.8) is 0 Å². The van der Waals surface area contributed by atoms with Gasteiger partial charge < -0.3 is 19.7 Å². The number of alkyl halides is 1. The molecule has 0 saturated carbocycles. The maximum absolute atomic E-state index is 14.4. The minimum atomic E-state index is -1.95. The number of rotatable bonds is 4. The summed E-state index contributed by atoms with van der Waals surface area (Å²) < 4.78 is 19.2. The molecule has 9 heteroatoms. The van der Waals surface area contributed by atoms with Crippen molar-refractivity contribution < 1.29 is 24.0 Å². The Morgan fingerprint density at radius 3 is 2.48 bits per heavy atom. The zero-order valence-corrected chi connectivity index (χ0v) is 11.7. The number of anilines is 1. The monoisotopic (exact) mass is 297 g/mol. The van der Waals surface area contributed by atoms with Crippen LogP contribution in [0.4, 0.5) is 10.3 Å². The number of aromatic nitrogens is 2. The third-order valence-corrected chi connectivity index (χ3v) is 3.44. The largest absolute Gasteiger partial charge is 0.491 e. The Bertz CT molecular complexity index is 492. The smallest absolute Gasteiger partial charge is 0.464 e. The van der Waals surface area contributed by atoms with Crippen LogP contribution in [-0.2, 0) is 9.53 Å². The topological polar surface area (TPSA) is 95.8 Å². The van der Waals surface area contributed by atoms with Crippen LogP contribution in [0.2, 0.25) is 0 Å². The maximum atomic E-state index is 14.4. The standard InChI is InChI=1S/C12H17BFN3O4/c1-2-21-10(18)12(14)3-5-17(6-4-12)11-15-7-9(8-16-11)13(19)20/h7-8,19-20H,2-6H2,1H3. The molecule has 1 aromatic heterocycles. The average Bonchev–Trinajstić information content (AvgIpc) is 2.48. The van der Waals surface area contributed by atoms with Gasteiger partial charge in [0.15, 0.2) is 0 Å². The average molecular weight is 297 g/mol. The van der Waals surface area contributed by atoms with E-state index >= 15 is 0 Å². The number of piperidine rings is 1. The second kappa shape index (κ2) is 6.36. The highest BCUT2D eigenvalue weighted by Crippen LogP contribution is 2.29. The summed E-state index contributed by atoms with van der Waals surface area (Å²) in [5.74, 6) is -0.449. The van der Waals surface area contributed by atoms with Gasteiger partial charge in [0.2, 0.25) is 11.6 Å². The lowest BCUT2D eigenvalue weighted by molar-refractivity contribution is -0.158. The van der Waals surface area contributed by atoms with Gasteiger partial charge >= 0.3 is 13.1 Å². The molecule has 1 fully saturated rings. The number of hydrogen-bond donors (Lipinski definition) is 2. The number of carbonyl (C=O) groups is 1. The summed E-state index contributed by atoms with van der Waals surface area (Å²) in [6.45, 7) is 2.37. The maximum Gasteiger partial charge on any atom is 0.491 e. The number of carbonyl (C=O) groups excluding carboxylic acids is 1. The molecule has 1 aliphatic rings. The number of hydrogen-bond acceptors (Lipinski definition) is 7. The summed E-state index contributed by atoms with van der Waals surface area (Å²) in [6.07, 6.45) is 2.63. The number of halogens is 1. The first-order chi connectivity index (χ1) is 9.96. The van der Waals surface area contributed by atoms with Gasteiger partial charge in [-0.3, -0.25) is 0 Å². The van der Waals surface area contributed by atoms with Crippen LogP contribution in [0.15, 0.2) is 12.4 Å². The van der Waals surface area contributed by atoms with Crippen molar-refractivity contribution in [3.05, 3.63) is 12.4 Å². The summed E-state index contributed by atoms with van der Waals surface area (Å²) in [4.78, 5) is 21.3. The highest BCUT2D eigenvalue weighted by Gasteiger charge is 2.43. The molecule has 0 aliphatic carbocycles. The quantitative estimate of drug-likeness (QED) is 0.545. The van der Waals surface area contributed by atoms with E-state index in [2.05, 4.69) is 9.97 Å². The number of nitrogens with zero attached hydrogens (tertiary/aromatic N) is 3. The van der Waals surface area contributed by atoms with E-state index in [-0.39, 0.29) is 38.0 Å². The first-order valence-corrected chi connectivity index (χ1v) is 6.75. The lowest BCUT2D eigenvalue weighted by Crippen LogP contribution is -2.48. The Morgan fingerprint density at radius 2 is 2.00 bits per heavy atom. The first kappa shape index (κ1) is 15.6. The van der Waals surface area contributed by atoms with E-state index in [0.717, 1.165) is 0 Å². The van der Waals surface area contributed by atoms with Crippen LogP contribution in [0.5, 0.6) is 0 Å². The molecule has 0 aromatic carbocycles. The van der Waals surface area contributed by atoms with Crippen LogP contribution in [0.25, 0.3) is 0 Å². The second-order valence-electron chi connectivity index (χ2n) is 4.86. The molecule has 114 valence electrons. The van der Waals surface area contributed by atoms with Gasteiger partial charge in [0.25, 0.3) is 0 Å². The van der Waals surface area contributed by atoms with Gasteiger partial charge in [-0.05, 0) is 6.92 Å².